The molecular formula is C12H13ClN2O3. The largest absolute Gasteiger partial charge is 0.469 e. The first-order chi connectivity index (χ1) is 8.60. The molecule has 2 heterocycles. The van der Waals surface area contributed by atoms with Crippen molar-refractivity contribution in [2.75, 3.05) is 12.4 Å². The van der Waals surface area contributed by atoms with Gasteiger partial charge in [-0.05, 0) is 12.5 Å². The van der Waals surface area contributed by atoms with Crippen molar-refractivity contribution in [3.63, 3.8) is 0 Å². The van der Waals surface area contributed by atoms with Gasteiger partial charge in [-0.3, -0.25) is 9.59 Å². The van der Waals surface area contributed by atoms with E-state index in [-0.39, 0.29) is 18.2 Å². The number of ether oxygens (including phenoxy) is 1. The molecular weight excluding hydrogens is 256 g/mol. The molecule has 0 saturated carbocycles. The van der Waals surface area contributed by atoms with Gasteiger partial charge >= 0.3 is 5.97 Å². The molecule has 0 aliphatic carbocycles. The molecule has 0 saturated heterocycles. The zero-order valence-electron chi connectivity index (χ0n) is 9.90. The number of ketones is 1. The average Bonchev–Trinajstić information content (AvgIpc) is 2.36. The van der Waals surface area contributed by atoms with Crippen LogP contribution in [-0.2, 0) is 20.7 Å². The molecule has 18 heavy (non-hydrogen) atoms. The molecule has 0 amide bonds. The summed E-state index contributed by atoms with van der Waals surface area (Å²) in [6, 6.07) is 3.04. The van der Waals surface area contributed by atoms with Gasteiger partial charge in [0.2, 0.25) is 0 Å². The fraction of sp³-hybridized carbons (Fsp3) is 0.417. The number of rotatable bonds is 3. The maximum absolute atomic E-state index is 11.9. The summed E-state index contributed by atoms with van der Waals surface area (Å²) in [6.45, 7) is 0. The molecule has 1 aromatic heterocycles. The number of methoxy groups -OCH3 is 1. The molecule has 0 radical (unpaired) electrons. The van der Waals surface area contributed by atoms with Crippen LogP contribution in [0.1, 0.15) is 18.4 Å². The second-order valence-electron chi connectivity index (χ2n) is 4.10. The fourth-order valence-electron chi connectivity index (χ4n) is 1.89. The van der Waals surface area contributed by atoms with Gasteiger partial charge in [-0.1, -0.05) is 17.7 Å². The number of anilines is 1. The molecule has 0 unspecified atom stereocenters. The molecule has 1 N–H and O–H groups in total. The minimum Gasteiger partial charge on any atom is -0.469 e. The molecule has 1 atom stereocenters. The van der Waals surface area contributed by atoms with Crippen LogP contribution < -0.4 is 5.32 Å². The van der Waals surface area contributed by atoms with Crippen molar-refractivity contribution in [1.29, 1.82) is 0 Å². The van der Waals surface area contributed by atoms with Gasteiger partial charge in [0.25, 0.3) is 0 Å². The van der Waals surface area contributed by atoms with Crippen molar-refractivity contribution in [2.45, 2.75) is 25.3 Å². The zero-order chi connectivity index (χ0) is 13.1. The van der Waals surface area contributed by atoms with E-state index < -0.39 is 6.04 Å². The Balaban J connectivity index is 2.07. The van der Waals surface area contributed by atoms with E-state index in [1.165, 1.54) is 7.11 Å². The Morgan fingerprint density at radius 1 is 1.61 bits per heavy atom. The summed E-state index contributed by atoms with van der Waals surface area (Å²) in [7, 11) is 1.33. The Labute approximate surface area is 109 Å². The number of nitrogens with one attached hydrogen (secondary N) is 1. The van der Waals surface area contributed by atoms with Crippen LogP contribution in [0.25, 0.3) is 0 Å². The van der Waals surface area contributed by atoms with E-state index in [1.807, 2.05) is 0 Å². The summed E-state index contributed by atoms with van der Waals surface area (Å²) in [5.74, 6) is 0.349. The topological polar surface area (TPSA) is 68.3 Å². The van der Waals surface area contributed by atoms with Crippen LogP contribution >= 0.6 is 11.6 Å². The van der Waals surface area contributed by atoms with E-state index in [0.29, 0.717) is 23.8 Å². The highest BCUT2D eigenvalue weighted by atomic mass is 35.5. The van der Waals surface area contributed by atoms with E-state index >= 15 is 0 Å². The lowest BCUT2D eigenvalue weighted by molar-refractivity contribution is -0.140. The number of halogens is 1. The maximum atomic E-state index is 11.9. The lowest BCUT2D eigenvalue weighted by atomic mass is 9.96. The molecule has 1 aliphatic heterocycles. The van der Waals surface area contributed by atoms with Gasteiger partial charge in [-0.25, -0.2) is 4.98 Å². The normalized spacial score (nSPS) is 17.9. The van der Waals surface area contributed by atoms with Gasteiger partial charge < -0.3 is 10.1 Å². The molecule has 96 valence electrons. The number of carbonyl (C=O) groups excluding carboxylic acids is 2. The summed E-state index contributed by atoms with van der Waals surface area (Å²) in [5, 5.41) is 3.39. The van der Waals surface area contributed by atoms with Crippen LogP contribution in [-0.4, -0.2) is 29.9 Å². The van der Waals surface area contributed by atoms with Crippen molar-refractivity contribution < 1.29 is 14.3 Å². The first-order valence-electron chi connectivity index (χ1n) is 5.61. The molecule has 0 spiro atoms. The van der Waals surface area contributed by atoms with Crippen LogP contribution in [0.5, 0.6) is 0 Å². The quantitative estimate of drug-likeness (QED) is 0.666. The lowest BCUT2D eigenvalue weighted by Crippen LogP contribution is -2.36. The third kappa shape index (κ3) is 2.79. The van der Waals surface area contributed by atoms with Crippen molar-refractivity contribution in [1.82, 2.24) is 4.98 Å². The molecule has 0 fully saturated rings. The van der Waals surface area contributed by atoms with E-state index in [0.717, 1.165) is 5.56 Å². The number of hydrogen-bond acceptors (Lipinski definition) is 5. The molecule has 6 heteroatoms. The molecule has 1 aliphatic rings. The molecule has 5 nitrogen and oxygen atoms in total. The van der Waals surface area contributed by atoms with Crippen LogP contribution in [0.2, 0.25) is 5.15 Å². The summed E-state index contributed by atoms with van der Waals surface area (Å²) < 4.78 is 4.55. The number of fused-ring (bicyclic) bond motifs is 1. The highest BCUT2D eigenvalue weighted by molar-refractivity contribution is 6.29. The first-order valence-corrected chi connectivity index (χ1v) is 5.99. The van der Waals surface area contributed by atoms with Gasteiger partial charge in [0.15, 0.2) is 5.78 Å². The highest BCUT2D eigenvalue weighted by Gasteiger charge is 2.27. The predicted molar refractivity (Wildman–Crippen MR) is 66.6 cm³/mol. The number of hydrogen-bond donors (Lipinski definition) is 1. The summed E-state index contributed by atoms with van der Waals surface area (Å²) in [5.41, 5.74) is 0.832. The van der Waals surface area contributed by atoms with Crippen molar-refractivity contribution >= 4 is 29.2 Å². The van der Waals surface area contributed by atoms with Crippen LogP contribution in [0.3, 0.4) is 0 Å². The fourth-order valence-corrected chi connectivity index (χ4v) is 2.03. The molecule has 1 aromatic rings. The Morgan fingerprint density at radius 2 is 2.39 bits per heavy atom. The SMILES string of the molecule is COC(=O)CC[C@@H]1Nc2nc(Cl)ccc2CC1=O. The third-order valence-electron chi connectivity index (χ3n) is 2.87. The monoisotopic (exact) mass is 268 g/mol. The molecule has 0 aromatic carbocycles. The minimum atomic E-state index is -0.400. The predicted octanol–water partition coefficient (Wildman–Crippen LogP) is 1.59. The smallest absolute Gasteiger partial charge is 0.305 e. The minimum absolute atomic E-state index is 0.0514. The van der Waals surface area contributed by atoms with Crippen molar-refractivity contribution in [3.05, 3.63) is 22.8 Å². The number of pyridine rings is 1. The standard InChI is InChI=1S/C12H13ClN2O3/c1-18-11(17)5-3-8-9(16)6-7-2-4-10(13)15-12(7)14-8/h2,4,8H,3,5-6H2,1H3,(H,14,15)/t8-/m0/s1. The van der Waals surface area contributed by atoms with E-state index in [1.54, 1.807) is 12.1 Å². The van der Waals surface area contributed by atoms with Gasteiger partial charge in [-0.15, -0.1) is 0 Å². The van der Waals surface area contributed by atoms with E-state index in [9.17, 15) is 9.59 Å². The Morgan fingerprint density at radius 3 is 3.11 bits per heavy atom. The summed E-state index contributed by atoms with van der Waals surface area (Å²) in [6.07, 6.45) is 0.924. The van der Waals surface area contributed by atoms with E-state index in [4.69, 9.17) is 11.6 Å². The van der Waals surface area contributed by atoms with Crippen molar-refractivity contribution in [2.24, 2.45) is 0 Å². The second-order valence-corrected chi connectivity index (χ2v) is 4.48. The van der Waals surface area contributed by atoms with Crippen LogP contribution in [0, 0.1) is 0 Å². The summed E-state index contributed by atoms with van der Waals surface area (Å²) in [4.78, 5) is 27.1. The van der Waals surface area contributed by atoms with Crippen molar-refractivity contribution in [3.8, 4) is 0 Å². The summed E-state index contributed by atoms with van der Waals surface area (Å²) >= 11 is 5.80. The Kier molecular flexibility index (Phi) is 3.81. The number of Topliss-reactive ketones (excluding diaryl/α,β-unsaturated/α-hetero) is 1. The number of aromatic nitrogens is 1. The van der Waals surface area contributed by atoms with Gasteiger partial charge in [0, 0.05) is 18.4 Å². The van der Waals surface area contributed by atoms with Gasteiger partial charge in [-0.2, -0.15) is 0 Å². The molecule has 2 rings (SSSR count). The lowest BCUT2D eigenvalue weighted by Gasteiger charge is -2.24. The number of nitrogens with zero attached hydrogens (tertiary/aromatic N) is 1. The number of carbonyl (C=O) groups is 2. The van der Waals surface area contributed by atoms with Crippen LogP contribution in [0.15, 0.2) is 12.1 Å². The maximum Gasteiger partial charge on any atom is 0.305 e. The zero-order valence-corrected chi connectivity index (χ0v) is 10.7. The Hall–Kier alpha value is -1.62. The second kappa shape index (κ2) is 5.35. The third-order valence-corrected chi connectivity index (χ3v) is 3.08. The van der Waals surface area contributed by atoms with Gasteiger partial charge in [0.1, 0.15) is 11.0 Å². The van der Waals surface area contributed by atoms with E-state index in [2.05, 4.69) is 15.0 Å². The number of esters is 1. The van der Waals surface area contributed by atoms with Gasteiger partial charge in [0.05, 0.1) is 13.2 Å². The van der Waals surface area contributed by atoms with Crippen LogP contribution in [0.4, 0.5) is 5.82 Å². The average molecular weight is 269 g/mol. The first kappa shape index (κ1) is 12.8. The Bertz CT molecular complexity index is 490. The highest BCUT2D eigenvalue weighted by Crippen LogP contribution is 2.24. The molecule has 0 bridgehead atoms.